The van der Waals surface area contributed by atoms with Crippen LogP contribution in [-0.4, -0.2) is 31.1 Å². The quantitative estimate of drug-likeness (QED) is 0.332. The summed E-state index contributed by atoms with van der Waals surface area (Å²) < 4.78 is 10.4. The molecule has 0 unspecified atom stereocenters. The number of ether oxygens (including phenoxy) is 2. The number of amides is 1. The fourth-order valence-corrected chi connectivity index (χ4v) is 1.87. The zero-order valence-corrected chi connectivity index (χ0v) is 16.0. The lowest BCUT2D eigenvalue weighted by Crippen LogP contribution is -2.21. The molecule has 142 valence electrons. The van der Waals surface area contributed by atoms with Crippen molar-refractivity contribution in [3.8, 4) is 0 Å². The van der Waals surface area contributed by atoms with Gasteiger partial charge in [0.15, 0.2) is 0 Å². The van der Waals surface area contributed by atoms with Crippen molar-refractivity contribution in [3.63, 3.8) is 0 Å². The van der Waals surface area contributed by atoms with Crippen LogP contribution in [0.4, 0.5) is 5.69 Å². The van der Waals surface area contributed by atoms with E-state index in [1.807, 2.05) is 27.7 Å². The molecule has 26 heavy (non-hydrogen) atoms. The van der Waals surface area contributed by atoms with Crippen LogP contribution in [0.15, 0.2) is 29.8 Å². The highest BCUT2D eigenvalue weighted by molar-refractivity contribution is 6.17. The van der Waals surface area contributed by atoms with Gasteiger partial charge in [-0.2, -0.15) is 0 Å². The number of carbonyl (C=O) groups excluding carboxylic acids is 3. The first kappa shape index (κ1) is 21.4. The summed E-state index contributed by atoms with van der Waals surface area (Å²) in [6, 6.07) is 6.75. The minimum absolute atomic E-state index is 0.154. The van der Waals surface area contributed by atoms with Gasteiger partial charge in [0.05, 0.1) is 13.2 Å². The topological polar surface area (TPSA) is 81.7 Å². The van der Waals surface area contributed by atoms with Crippen molar-refractivity contribution in [1.29, 1.82) is 0 Å². The number of anilines is 1. The second-order valence-corrected chi connectivity index (χ2v) is 6.85. The summed E-state index contributed by atoms with van der Waals surface area (Å²) in [5, 5.41) is 2.65. The van der Waals surface area contributed by atoms with Gasteiger partial charge in [0.2, 0.25) is 5.91 Å². The first-order valence-corrected chi connectivity index (χ1v) is 8.62. The zero-order chi connectivity index (χ0) is 19.7. The summed E-state index contributed by atoms with van der Waals surface area (Å²) in [7, 11) is 0. The van der Waals surface area contributed by atoms with Crippen LogP contribution in [0.25, 0.3) is 6.08 Å². The summed E-state index contributed by atoms with van der Waals surface area (Å²) in [5.41, 5.74) is 1.09. The van der Waals surface area contributed by atoms with Crippen LogP contribution < -0.4 is 5.32 Å². The molecule has 1 aromatic rings. The van der Waals surface area contributed by atoms with E-state index in [1.165, 1.54) is 13.0 Å². The zero-order valence-electron chi connectivity index (χ0n) is 16.0. The van der Waals surface area contributed by atoms with E-state index in [4.69, 9.17) is 9.47 Å². The van der Waals surface area contributed by atoms with E-state index in [0.717, 1.165) is 0 Å². The Morgan fingerprint density at radius 3 is 1.77 bits per heavy atom. The molecule has 0 radical (unpaired) electrons. The maximum atomic E-state index is 12.3. The Balaban J connectivity index is 3.01. The molecule has 0 saturated carbocycles. The molecular formula is C20H27NO5. The molecule has 1 amide bonds. The SMILES string of the molecule is CC(=O)Nc1ccc(C=C(C(=O)OCC(C)C)C(=O)OCC(C)C)cc1. The van der Waals surface area contributed by atoms with E-state index >= 15 is 0 Å². The van der Waals surface area contributed by atoms with Gasteiger partial charge in [-0.05, 0) is 35.6 Å². The van der Waals surface area contributed by atoms with Gasteiger partial charge >= 0.3 is 11.9 Å². The fraction of sp³-hybridized carbons (Fsp3) is 0.450. The molecule has 0 fully saturated rings. The predicted octanol–water partition coefficient (Wildman–Crippen LogP) is 3.43. The van der Waals surface area contributed by atoms with Gasteiger partial charge in [0, 0.05) is 12.6 Å². The van der Waals surface area contributed by atoms with Crippen molar-refractivity contribution in [2.75, 3.05) is 18.5 Å². The van der Waals surface area contributed by atoms with Crippen molar-refractivity contribution in [2.45, 2.75) is 34.6 Å². The van der Waals surface area contributed by atoms with Gasteiger partial charge in [-0.25, -0.2) is 9.59 Å². The van der Waals surface area contributed by atoms with Crippen molar-refractivity contribution in [1.82, 2.24) is 0 Å². The van der Waals surface area contributed by atoms with Gasteiger partial charge in [0.1, 0.15) is 5.57 Å². The standard InChI is InChI=1S/C20H27NO5/c1-13(2)11-25-19(23)18(20(24)26-12-14(3)4)10-16-6-8-17(9-7-16)21-15(5)22/h6-10,13-14H,11-12H2,1-5H3,(H,21,22). The summed E-state index contributed by atoms with van der Waals surface area (Å²) in [6.45, 7) is 9.50. The Kier molecular flexibility index (Phi) is 8.55. The van der Waals surface area contributed by atoms with E-state index in [-0.39, 0.29) is 36.5 Å². The molecule has 0 aliphatic carbocycles. The summed E-state index contributed by atoms with van der Waals surface area (Å²) in [4.78, 5) is 35.7. The number of carbonyl (C=O) groups is 3. The number of hydrogen-bond acceptors (Lipinski definition) is 5. The smallest absolute Gasteiger partial charge is 0.345 e. The van der Waals surface area contributed by atoms with Gasteiger partial charge in [-0.1, -0.05) is 39.8 Å². The Morgan fingerprint density at radius 1 is 0.923 bits per heavy atom. The summed E-state index contributed by atoms with van der Waals surface area (Å²) >= 11 is 0. The normalized spacial score (nSPS) is 10.4. The maximum absolute atomic E-state index is 12.3. The minimum atomic E-state index is -0.710. The van der Waals surface area contributed by atoms with E-state index in [1.54, 1.807) is 24.3 Å². The van der Waals surface area contributed by atoms with E-state index in [0.29, 0.717) is 11.3 Å². The largest absolute Gasteiger partial charge is 0.462 e. The van der Waals surface area contributed by atoms with Gasteiger partial charge < -0.3 is 14.8 Å². The van der Waals surface area contributed by atoms with Gasteiger partial charge in [-0.3, -0.25) is 4.79 Å². The third-order valence-electron chi connectivity index (χ3n) is 3.08. The molecule has 0 aliphatic rings. The lowest BCUT2D eigenvalue weighted by atomic mass is 10.1. The molecule has 0 aromatic heterocycles. The van der Waals surface area contributed by atoms with Crippen LogP contribution in [0, 0.1) is 11.8 Å². The first-order valence-electron chi connectivity index (χ1n) is 8.62. The number of esters is 2. The maximum Gasteiger partial charge on any atom is 0.345 e. The average molecular weight is 361 g/mol. The third-order valence-corrected chi connectivity index (χ3v) is 3.08. The van der Waals surface area contributed by atoms with Crippen LogP contribution in [0.1, 0.15) is 40.2 Å². The van der Waals surface area contributed by atoms with Crippen LogP contribution in [0.3, 0.4) is 0 Å². The number of nitrogens with one attached hydrogen (secondary N) is 1. The lowest BCUT2D eigenvalue weighted by Gasteiger charge is -2.11. The highest BCUT2D eigenvalue weighted by Crippen LogP contribution is 2.15. The summed E-state index contributed by atoms with van der Waals surface area (Å²) in [5.74, 6) is -1.28. The van der Waals surface area contributed by atoms with E-state index in [9.17, 15) is 14.4 Å². The van der Waals surface area contributed by atoms with Crippen molar-refractivity contribution < 1.29 is 23.9 Å². The monoisotopic (exact) mass is 361 g/mol. The molecule has 0 bridgehead atoms. The molecular weight excluding hydrogens is 334 g/mol. The minimum Gasteiger partial charge on any atom is -0.462 e. The van der Waals surface area contributed by atoms with Gasteiger partial charge in [0.25, 0.3) is 0 Å². The predicted molar refractivity (Wildman–Crippen MR) is 100 cm³/mol. The van der Waals surface area contributed by atoms with Crippen molar-refractivity contribution in [3.05, 3.63) is 35.4 Å². The summed E-state index contributed by atoms with van der Waals surface area (Å²) in [6.07, 6.45) is 1.43. The molecule has 1 N–H and O–H groups in total. The van der Waals surface area contributed by atoms with E-state index in [2.05, 4.69) is 5.32 Å². The molecule has 0 saturated heterocycles. The Morgan fingerprint density at radius 2 is 1.38 bits per heavy atom. The van der Waals surface area contributed by atoms with Gasteiger partial charge in [-0.15, -0.1) is 0 Å². The molecule has 0 atom stereocenters. The molecule has 0 heterocycles. The highest BCUT2D eigenvalue weighted by atomic mass is 16.6. The van der Waals surface area contributed by atoms with Crippen LogP contribution in [-0.2, 0) is 23.9 Å². The number of rotatable bonds is 8. The van der Waals surface area contributed by atoms with Crippen LogP contribution in [0.2, 0.25) is 0 Å². The first-order chi connectivity index (χ1) is 12.2. The molecule has 6 nitrogen and oxygen atoms in total. The Hall–Kier alpha value is -2.63. The van der Waals surface area contributed by atoms with Crippen molar-refractivity contribution >= 4 is 29.6 Å². The van der Waals surface area contributed by atoms with E-state index < -0.39 is 11.9 Å². The molecule has 6 heteroatoms. The fourth-order valence-electron chi connectivity index (χ4n) is 1.87. The number of hydrogen-bond donors (Lipinski definition) is 1. The third kappa shape index (κ3) is 7.96. The Labute approximate surface area is 154 Å². The second-order valence-electron chi connectivity index (χ2n) is 6.85. The highest BCUT2D eigenvalue weighted by Gasteiger charge is 2.22. The molecule has 1 aromatic carbocycles. The molecule has 0 aliphatic heterocycles. The average Bonchev–Trinajstić information content (AvgIpc) is 2.56. The van der Waals surface area contributed by atoms with Crippen molar-refractivity contribution in [2.24, 2.45) is 11.8 Å². The molecule has 1 rings (SSSR count). The second kappa shape index (κ2) is 10.4. The Bertz CT molecular complexity index is 633. The lowest BCUT2D eigenvalue weighted by molar-refractivity contribution is -0.148. The number of benzene rings is 1. The van der Waals surface area contributed by atoms with Crippen LogP contribution >= 0.6 is 0 Å². The molecule has 0 spiro atoms. The van der Waals surface area contributed by atoms with Crippen LogP contribution in [0.5, 0.6) is 0 Å².